The van der Waals surface area contributed by atoms with Crippen molar-refractivity contribution in [3.63, 3.8) is 0 Å². The number of hydrogen-bond acceptors (Lipinski definition) is 5. The Morgan fingerprint density at radius 3 is 2.86 bits per heavy atom. The van der Waals surface area contributed by atoms with Gasteiger partial charge in [-0.1, -0.05) is 36.1 Å². The summed E-state index contributed by atoms with van der Waals surface area (Å²) in [7, 11) is 1.51. The molecule has 2 atom stereocenters. The summed E-state index contributed by atoms with van der Waals surface area (Å²) in [5, 5.41) is 8.11. The average molecular weight is 385 g/mol. The molecule has 1 aliphatic rings. The molecular weight excluding hydrogens is 370 g/mol. The topological polar surface area (TPSA) is 105 Å². The van der Waals surface area contributed by atoms with E-state index >= 15 is 0 Å². The SMILES string of the molecule is [C-]#[N+]c1ccccc1C#C[C@H]1C[C@@H]1c1cc(-c2c[nH]c(=O)[nH]c2=O)nnc1OC. The van der Waals surface area contributed by atoms with Gasteiger partial charge in [0.25, 0.3) is 5.56 Å². The van der Waals surface area contributed by atoms with Gasteiger partial charge in [0.2, 0.25) is 11.6 Å². The van der Waals surface area contributed by atoms with E-state index in [2.05, 4.69) is 36.9 Å². The van der Waals surface area contributed by atoms with Gasteiger partial charge >= 0.3 is 5.69 Å². The Balaban J connectivity index is 1.65. The predicted octanol–water partition coefficient (Wildman–Crippen LogP) is 2.23. The molecule has 1 aromatic carbocycles. The molecule has 1 fully saturated rings. The molecule has 8 nitrogen and oxygen atoms in total. The van der Waals surface area contributed by atoms with Crippen molar-refractivity contribution in [2.45, 2.75) is 12.3 Å². The van der Waals surface area contributed by atoms with E-state index in [1.165, 1.54) is 13.3 Å². The number of nitrogens with one attached hydrogen (secondary N) is 2. The lowest BCUT2D eigenvalue weighted by Crippen LogP contribution is -2.23. The van der Waals surface area contributed by atoms with Crippen LogP contribution in [0.2, 0.25) is 0 Å². The highest BCUT2D eigenvalue weighted by Crippen LogP contribution is 2.50. The van der Waals surface area contributed by atoms with E-state index in [9.17, 15) is 9.59 Å². The van der Waals surface area contributed by atoms with Gasteiger partial charge in [-0.2, -0.15) is 0 Å². The molecule has 4 rings (SSSR count). The standard InChI is InChI=1S/C21H15N5O3/c1-22-17-6-4-3-5-12(17)7-8-13-9-14(13)15-10-18(25-26-20(15)29-2)16-11-23-21(28)24-19(16)27/h3-6,10-11,13-14H,9H2,2H3,(H2,23,24,27,28)/t13-,14-/m0/s1. The molecule has 0 unspecified atom stereocenters. The highest BCUT2D eigenvalue weighted by molar-refractivity contribution is 5.61. The zero-order chi connectivity index (χ0) is 20.4. The van der Waals surface area contributed by atoms with E-state index in [-0.39, 0.29) is 17.4 Å². The Kier molecular flexibility index (Phi) is 4.68. The number of hydrogen-bond donors (Lipinski definition) is 2. The van der Waals surface area contributed by atoms with Gasteiger partial charge in [0.15, 0.2) is 0 Å². The molecular formula is C21H15N5O3. The molecule has 142 valence electrons. The number of para-hydroxylation sites is 1. The van der Waals surface area contributed by atoms with Crippen molar-refractivity contribution in [3.05, 3.63) is 79.9 Å². The van der Waals surface area contributed by atoms with Gasteiger partial charge in [-0.3, -0.25) is 9.78 Å². The van der Waals surface area contributed by atoms with Crippen molar-refractivity contribution < 1.29 is 4.74 Å². The lowest BCUT2D eigenvalue weighted by molar-refractivity contribution is 0.386. The van der Waals surface area contributed by atoms with Gasteiger partial charge in [0.1, 0.15) is 5.69 Å². The van der Waals surface area contributed by atoms with Crippen molar-refractivity contribution in [1.29, 1.82) is 0 Å². The van der Waals surface area contributed by atoms with Crippen molar-refractivity contribution in [3.8, 4) is 29.0 Å². The number of methoxy groups -OCH3 is 1. The van der Waals surface area contributed by atoms with Crippen LogP contribution in [0, 0.1) is 24.3 Å². The second-order valence-corrected chi connectivity index (χ2v) is 6.53. The van der Waals surface area contributed by atoms with Crippen LogP contribution in [-0.2, 0) is 0 Å². The minimum absolute atomic E-state index is 0.0913. The summed E-state index contributed by atoms with van der Waals surface area (Å²) in [6.45, 7) is 7.22. The molecule has 0 radical (unpaired) electrons. The number of rotatable bonds is 3. The molecule has 2 N–H and O–H groups in total. The Hall–Kier alpha value is -4.17. The average Bonchev–Trinajstić information content (AvgIpc) is 3.51. The van der Waals surface area contributed by atoms with Gasteiger partial charge in [-0.15, -0.1) is 10.2 Å². The van der Waals surface area contributed by atoms with Crippen LogP contribution < -0.4 is 16.0 Å². The summed E-state index contributed by atoms with van der Waals surface area (Å²) in [5.74, 6) is 6.87. The number of nitrogens with zero attached hydrogens (tertiary/aromatic N) is 3. The number of H-pyrrole nitrogens is 2. The fraction of sp³-hybridized carbons (Fsp3) is 0.190. The maximum absolute atomic E-state index is 12.1. The largest absolute Gasteiger partial charge is 0.480 e. The summed E-state index contributed by atoms with van der Waals surface area (Å²) < 4.78 is 5.33. The van der Waals surface area contributed by atoms with Gasteiger partial charge in [-0.05, 0) is 12.5 Å². The van der Waals surface area contributed by atoms with Gasteiger partial charge in [0.05, 0.1) is 19.2 Å². The molecule has 0 spiro atoms. The summed E-state index contributed by atoms with van der Waals surface area (Å²) in [4.78, 5) is 31.4. The molecule has 0 bridgehead atoms. The zero-order valence-electron chi connectivity index (χ0n) is 15.4. The molecule has 29 heavy (non-hydrogen) atoms. The molecule has 8 heteroatoms. The van der Waals surface area contributed by atoms with Crippen LogP contribution in [0.3, 0.4) is 0 Å². The van der Waals surface area contributed by atoms with Gasteiger partial charge in [0, 0.05) is 29.2 Å². The van der Waals surface area contributed by atoms with E-state index in [1.54, 1.807) is 12.1 Å². The lowest BCUT2D eigenvalue weighted by Gasteiger charge is -2.07. The van der Waals surface area contributed by atoms with Crippen molar-refractivity contribution in [1.82, 2.24) is 20.2 Å². The highest BCUT2D eigenvalue weighted by atomic mass is 16.5. The third-order valence-corrected chi connectivity index (χ3v) is 4.68. The van der Waals surface area contributed by atoms with E-state index in [0.717, 1.165) is 12.0 Å². The summed E-state index contributed by atoms with van der Waals surface area (Å²) in [5.41, 5.74) is 1.47. The smallest absolute Gasteiger partial charge is 0.325 e. The quantitative estimate of drug-likeness (QED) is 0.531. The van der Waals surface area contributed by atoms with Crippen LogP contribution in [0.15, 0.2) is 46.1 Å². The number of ether oxygens (including phenoxy) is 1. The Morgan fingerprint density at radius 2 is 2.10 bits per heavy atom. The van der Waals surface area contributed by atoms with Crippen molar-refractivity contribution in [2.24, 2.45) is 5.92 Å². The zero-order valence-corrected chi connectivity index (χ0v) is 15.4. The molecule has 0 aliphatic heterocycles. The Labute approximate surface area is 165 Å². The molecule has 0 saturated heterocycles. The number of aromatic amines is 2. The lowest BCUT2D eigenvalue weighted by atomic mass is 10.1. The van der Waals surface area contributed by atoms with E-state index < -0.39 is 11.2 Å². The molecule has 2 heterocycles. The Morgan fingerprint density at radius 1 is 1.28 bits per heavy atom. The molecule has 1 aliphatic carbocycles. The first-order chi connectivity index (χ1) is 14.1. The van der Waals surface area contributed by atoms with Crippen LogP contribution in [0.5, 0.6) is 5.88 Å². The van der Waals surface area contributed by atoms with E-state index in [0.29, 0.717) is 22.8 Å². The highest BCUT2D eigenvalue weighted by Gasteiger charge is 2.40. The molecule has 1 saturated carbocycles. The van der Waals surface area contributed by atoms with E-state index in [1.807, 2.05) is 18.2 Å². The minimum Gasteiger partial charge on any atom is -0.480 e. The van der Waals surface area contributed by atoms with Crippen LogP contribution >= 0.6 is 0 Å². The predicted molar refractivity (Wildman–Crippen MR) is 106 cm³/mol. The fourth-order valence-electron chi connectivity index (χ4n) is 3.10. The van der Waals surface area contributed by atoms with Gasteiger partial charge < -0.3 is 9.72 Å². The first kappa shape index (κ1) is 18.2. The third-order valence-electron chi connectivity index (χ3n) is 4.68. The monoisotopic (exact) mass is 385 g/mol. The maximum atomic E-state index is 12.1. The molecule has 3 aromatic rings. The maximum Gasteiger partial charge on any atom is 0.325 e. The van der Waals surface area contributed by atoms with Gasteiger partial charge in [-0.25, -0.2) is 9.64 Å². The summed E-state index contributed by atoms with van der Waals surface area (Å²) in [6.07, 6.45) is 2.13. The second-order valence-electron chi connectivity index (χ2n) is 6.53. The first-order valence-electron chi connectivity index (χ1n) is 8.82. The molecule has 0 amide bonds. The Bertz CT molecular complexity index is 1310. The summed E-state index contributed by atoms with van der Waals surface area (Å²) in [6, 6.07) is 8.98. The van der Waals surface area contributed by atoms with Crippen molar-refractivity contribution >= 4 is 5.69 Å². The summed E-state index contributed by atoms with van der Waals surface area (Å²) >= 11 is 0. The van der Waals surface area contributed by atoms with Crippen molar-refractivity contribution in [2.75, 3.05) is 7.11 Å². The first-order valence-corrected chi connectivity index (χ1v) is 8.82. The number of aromatic nitrogens is 4. The van der Waals surface area contributed by atoms with Crippen LogP contribution in [-0.4, -0.2) is 27.3 Å². The number of benzene rings is 1. The van der Waals surface area contributed by atoms with E-state index in [4.69, 9.17) is 11.3 Å². The van der Waals surface area contributed by atoms with Crippen LogP contribution in [0.25, 0.3) is 16.1 Å². The van der Waals surface area contributed by atoms with Crippen LogP contribution in [0.4, 0.5) is 5.69 Å². The molecule has 2 aromatic heterocycles. The van der Waals surface area contributed by atoms with Crippen LogP contribution in [0.1, 0.15) is 23.5 Å². The minimum atomic E-state index is -0.585. The second kappa shape index (κ2) is 7.45. The normalized spacial score (nSPS) is 17.0. The third kappa shape index (κ3) is 3.64. The fourth-order valence-corrected chi connectivity index (χ4v) is 3.10.